The molecule has 2 rings (SSSR count). The molecular weight excluding hydrogens is 304 g/mol. The topological polar surface area (TPSA) is 86.7 Å². The lowest BCUT2D eigenvalue weighted by Crippen LogP contribution is -2.45. The van der Waals surface area contributed by atoms with Gasteiger partial charge in [0.2, 0.25) is 10.0 Å². The molecule has 1 aromatic carbocycles. The van der Waals surface area contributed by atoms with Gasteiger partial charge >= 0.3 is 6.09 Å². The van der Waals surface area contributed by atoms with Crippen molar-refractivity contribution in [1.82, 2.24) is 4.90 Å². The summed E-state index contributed by atoms with van der Waals surface area (Å²) in [5.41, 5.74) is 2.56. The fourth-order valence-corrected chi connectivity index (χ4v) is 3.36. The van der Waals surface area contributed by atoms with E-state index in [9.17, 15) is 18.3 Å². The van der Waals surface area contributed by atoms with E-state index in [4.69, 9.17) is 0 Å². The van der Waals surface area contributed by atoms with Gasteiger partial charge in [0.25, 0.3) is 0 Å². The summed E-state index contributed by atoms with van der Waals surface area (Å²) in [6.07, 6.45) is 2.76. The molecule has 1 heterocycles. The maximum atomic E-state index is 11.2. The monoisotopic (exact) mass is 324 g/mol. The van der Waals surface area contributed by atoms with Crippen molar-refractivity contribution >= 4 is 27.4 Å². The number of benzene rings is 1. The van der Waals surface area contributed by atoms with Crippen LogP contribution >= 0.6 is 0 Å². The summed E-state index contributed by atoms with van der Waals surface area (Å²) < 4.78 is 24.8. The molecule has 0 bridgehead atoms. The minimum atomic E-state index is -3.29. The average Bonchev–Trinajstić information content (AvgIpc) is 2.36. The van der Waals surface area contributed by atoms with E-state index in [0.29, 0.717) is 12.1 Å². The molecule has 120 valence electrons. The van der Waals surface area contributed by atoms with Crippen LogP contribution in [0.25, 0.3) is 5.57 Å². The lowest BCUT2D eigenvalue weighted by Gasteiger charge is -2.36. The maximum Gasteiger partial charge on any atom is 0.408 e. The van der Waals surface area contributed by atoms with Crippen LogP contribution in [0.4, 0.5) is 10.5 Å². The van der Waals surface area contributed by atoms with E-state index < -0.39 is 16.1 Å². The Kier molecular flexibility index (Phi) is 4.46. The van der Waals surface area contributed by atoms with Crippen LogP contribution in [0.3, 0.4) is 0 Å². The highest BCUT2D eigenvalue weighted by Crippen LogP contribution is 2.30. The van der Waals surface area contributed by atoms with Gasteiger partial charge in [-0.1, -0.05) is 18.2 Å². The highest BCUT2D eigenvalue weighted by atomic mass is 32.2. The van der Waals surface area contributed by atoms with E-state index in [2.05, 4.69) is 4.72 Å². The van der Waals surface area contributed by atoms with E-state index in [1.54, 1.807) is 12.1 Å². The smallest absolute Gasteiger partial charge is 0.408 e. The van der Waals surface area contributed by atoms with Gasteiger partial charge in [0, 0.05) is 11.7 Å². The Morgan fingerprint density at radius 3 is 2.32 bits per heavy atom. The Hall–Kier alpha value is -2.02. The molecule has 6 nitrogen and oxygen atoms in total. The van der Waals surface area contributed by atoms with Gasteiger partial charge in [0.15, 0.2) is 0 Å². The molecule has 2 atom stereocenters. The molecule has 0 saturated carbocycles. The van der Waals surface area contributed by atoms with Crippen LogP contribution < -0.4 is 4.72 Å². The Balaban J connectivity index is 2.22. The zero-order chi connectivity index (χ0) is 16.5. The van der Waals surface area contributed by atoms with Gasteiger partial charge in [0.05, 0.1) is 12.3 Å². The predicted octanol–water partition coefficient (Wildman–Crippen LogP) is 2.60. The molecule has 0 saturated heterocycles. The second-order valence-electron chi connectivity index (χ2n) is 5.63. The van der Waals surface area contributed by atoms with Gasteiger partial charge in [-0.2, -0.15) is 0 Å². The number of sulfonamides is 1. The van der Waals surface area contributed by atoms with E-state index in [1.165, 1.54) is 4.90 Å². The van der Waals surface area contributed by atoms with Gasteiger partial charge in [-0.05, 0) is 43.5 Å². The average molecular weight is 324 g/mol. The van der Waals surface area contributed by atoms with Crippen molar-refractivity contribution in [3.05, 3.63) is 35.9 Å². The highest BCUT2D eigenvalue weighted by Gasteiger charge is 2.29. The van der Waals surface area contributed by atoms with Crippen molar-refractivity contribution in [2.75, 3.05) is 11.0 Å². The summed E-state index contributed by atoms with van der Waals surface area (Å²) in [6, 6.07) is 6.81. The first-order valence-electron chi connectivity index (χ1n) is 6.97. The molecule has 0 radical (unpaired) electrons. The van der Waals surface area contributed by atoms with E-state index in [1.807, 2.05) is 32.1 Å². The standard InChI is InChI=1S/C15H20N2O4S/c1-10-8-13(9-11(2)17(10)15(18)19)12-4-6-14(7-5-12)16-22(3,20)21/h4-8,10-11,16H,9H2,1-3H3,(H,18,19). The molecule has 7 heteroatoms. The summed E-state index contributed by atoms with van der Waals surface area (Å²) in [7, 11) is -3.29. The first kappa shape index (κ1) is 16.4. The van der Waals surface area contributed by atoms with Gasteiger partial charge < -0.3 is 5.11 Å². The number of anilines is 1. The van der Waals surface area contributed by atoms with E-state index in [0.717, 1.165) is 17.4 Å². The second kappa shape index (κ2) is 6.00. The number of carboxylic acid groups (broad SMARTS) is 1. The lowest BCUT2D eigenvalue weighted by atomic mass is 9.92. The Morgan fingerprint density at radius 2 is 1.86 bits per heavy atom. The van der Waals surface area contributed by atoms with Crippen molar-refractivity contribution in [3.63, 3.8) is 0 Å². The van der Waals surface area contributed by atoms with Crippen molar-refractivity contribution in [2.24, 2.45) is 0 Å². The van der Waals surface area contributed by atoms with Gasteiger partial charge in [-0.15, -0.1) is 0 Å². The molecular formula is C15H20N2O4S. The number of amides is 1. The largest absolute Gasteiger partial charge is 0.465 e. The molecule has 1 aliphatic heterocycles. The number of nitrogens with one attached hydrogen (secondary N) is 1. The number of hydrogen-bond donors (Lipinski definition) is 2. The minimum absolute atomic E-state index is 0.0960. The van der Waals surface area contributed by atoms with Crippen molar-refractivity contribution in [3.8, 4) is 0 Å². The maximum absolute atomic E-state index is 11.2. The van der Waals surface area contributed by atoms with Crippen LogP contribution in [0.15, 0.2) is 30.3 Å². The third-order valence-electron chi connectivity index (χ3n) is 3.65. The molecule has 2 N–H and O–H groups in total. The molecule has 0 fully saturated rings. The first-order valence-corrected chi connectivity index (χ1v) is 8.86. The summed E-state index contributed by atoms with van der Waals surface area (Å²) in [5.74, 6) is 0. The Bertz CT molecular complexity index is 695. The van der Waals surface area contributed by atoms with Gasteiger partial charge in [-0.25, -0.2) is 13.2 Å². The number of nitrogens with zero attached hydrogens (tertiary/aromatic N) is 1. The minimum Gasteiger partial charge on any atom is -0.465 e. The van der Waals surface area contributed by atoms with Crippen LogP contribution in [0.1, 0.15) is 25.8 Å². The van der Waals surface area contributed by atoms with Crippen LogP contribution in [0, 0.1) is 0 Å². The molecule has 0 aliphatic carbocycles. The lowest BCUT2D eigenvalue weighted by molar-refractivity contribution is 0.116. The third kappa shape index (κ3) is 3.79. The first-order chi connectivity index (χ1) is 10.2. The predicted molar refractivity (Wildman–Crippen MR) is 86.3 cm³/mol. The third-order valence-corrected chi connectivity index (χ3v) is 4.26. The van der Waals surface area contributed by atoms with Crippen LogP contribution in [0.5, 0.6) is 0 Å². The molecule has 1 aromatic rings. The zero-order valence-electron chi connectivity index (χ0n) is 12.8. The fourth-order valence-electron chi connectivity index (χ4n) is 2.80. The summed E-state index contributed by atoms with van der Waals surface area (Å²) in [6.45, 7) is 3.74. The molecule has 2 unspecified atom stereocenters. The Morgan fingerprint density at radius 1 is 1.27 bits per heavy atom. The van der Waals surface area contributed by atoms with Crippen molar-refractivity contribution in [2.45, 2.75) is 32.4 Å². The molecule has 22 heavy (non-hydrogen) atoms. The van der Waals surface area contributed by atoms with Crippen molar-refractivity contribution < 1.29 is 18.3 Å². The highest BCUT2D eigenvalue weighted by molar-refractivity contribution is 7.92. The molecule has 0 spiro atoms. The number of carbonyl (C=O) groups is 1. The van der Waals surface area contributed by atoms with Crippen LogP contribution in [-0.4, -0.2) is 42.9 Å². The molecule has 1 amide bonds. The molecule has 0 aromatic heterocycles. The number of rotatable bonds is 3. The quantitative estimate of drug-likeness (QED) is 0.895. The normalized spacial score (nSPS) is 22.1. The Labute approximate surface area is 130 Å². The SMILES string of the molecule is CC1C=C(c2ccc(NS(C)(=O)=O)cc2)CC(C)N1C(=O)O. The van der Waals surface area contributed by atoms with Gasteiger partial charge in [0.1, 0.15) is 0 Å². The zero-order valence-corrected chi connectivity index (χ0v) is 13.6. The van der Waals surface area contributed by atoms with Crippen molar-refractivity contribution in [1.29, 1.82) is 0 Å². The second-order valence-corrected chi connectivity index (χ2v) is 7.38. The van der Waals surface area contributed by atoms with Gasteiger partial charge in [-0.3, -0.25) is 9.62 Å². The fraction of sp³-hybridized carbons (Fsp3) is 0.400. The van der Waals surface area contributed by atoms with E-state index >= 15 is 0 Å². The summed E-state index contributed by atoms with van der Waals surface area (Å²) >= 11 is 0. The van der Waals surface area contributed by atoms with Crippen LogP contribution in [0.2, 0.25) is 0 Å². The molecule has 1 aliphatic rings. The summed E-state index contributed by atoms with van der Waals surface area (Å²) in [4.78, 5) is 12.7. The number of hydrogen-bond acceptors (Lipinski definition) is 3. The van der Waals surface area contributed by atoms with Crippen LogP contribution in [-0.2, 0) is 10.0 Å². The van der Waals surface area contributed by atoms with E-state index in [-0.39, 0.29) is 12.1 Å². The summed E-state index contributed by atoms with van der Waals surface area (Å²) in [5, 5.41) is 9.21.